The van der Waals surface area contributed by atoms with Crippen molar-refractivity contribution in [1.29, 1.82) is 0 Å². The Hall–Kier alpha value is -0.480. The molecule has 1 aromatic rings. The minimum absolute atomic E-state index is 0.661. The van der Waals surface area contributed by atoms with Crippen molar-refractivity contribution in [1.82, 2.24) is 14.9 Å². The molecule has 0 spiro atoms. The van der Waals surface area contributed by atoms with Gasteiger partial charge in [0.05, 0.1) is 5.69 Å². The van der Waals surface area contributed by atoms with Crippen LogP contribution >= 0.6 is 11.8 Å². The first kappa shape index (κ1) is 8.80. The predicted octanol–water partition coefficient (Wildman–Crippen LogP) is 1.46. The first-order valence-electron chi connectivity index (χ1n) is 5.34. The maximum Gasteiger partial charge on any atom is 0.168 e. The minimum Gasteiger partial charge on any atom is -0.326 e. The number of nitrogens with one attached hydrogen (secondary N) is 1. The molecule has 0 aromatic carbocycles. The van der Waals surface area contributed by atoms with E-state index in [0.29, 0.717) is 5.92 Å². The molecule has 14 heavy (non-hydrogen) atoms. The molecule has 3 heterocycles. The number of aryl methyl sites for hydroxylation is 1. The van der Waals surface area contributed by atoms with Gasteiger partial charge in [-0.15, -0.1) is 0 Å². The Morgan fingerprint density at radius 3 is 3.36 bits per heavy atom. The SMILES string of the molecule is c1c(C2CCNC2)nc2n1CCCS2. The monoisotopic (exact) mass is 209 g/mol. The van der Waals surface area contributed by atoms with Gasteiger partial charge in [-0.05, 0) is 19.4 Å². The normalized spacial score (nSPS) is 26.4. The van der Waals surface area contributed by atoms with Gasteiger partial charge in [0.2, 0.25) is 0 Å². The van der Waals surface area contributed by atoms with Gasteiger partial charge in [0.15, 0.2) is 5.16 Å². The molecule has 2 aliphatic heterocycles. The smallest absolute Gasteiger partial charge is 0.168 e. The molecule has 1 atom stereocenters. The van der Waals surface area contributed by atoms with E-state index in [1.165, 1.54) is 29.4 Å². The molecule has 0 amide bonds. The molecule has 3 rings (SSSR count). The number of hydrogen-bond donors (Lipinski definition) is 1. The van der Waals surface area contributed by atoms with Gasteiger partial charge in [0.1, 0.15) is 0 Å². The molecular formula is C10H15N3S. The zero-order valence-electron chi connectivity index (χ0n) is 8.20. The average Bonchev–Trinajstić information content (AvgIpc) is 2.86. The van der Waals surface area contributed by atoms with Crippen molar-refractivity contribution >= 4 is 11.8 Å². The fourth-order valence-corrected chi connectivity index (χ4v) is 3.13. The first-order valence-corrected chi connectivity index (χ1v) is 6.32. The summed E-state index contributed by atoms with van der Waals surface area (Å²) in [6, 6.07) is 0. The zero-order chi connectivity index (χ0) is 9.38. The molecule has 0 radical (unpaired) electrons. The lowest BCUT2D eigenvalue weighted by Crippen LogP contribution is -2.08. The van der Waals surface area contributed by atoms with E-state index in [2.05, 4.69) is 16.1 Å². The lowest BCUT2D eigenvalue weighted by Gasteiger charge is -2.11. The third kappa shape index (κ3) is 1.46. The molecule has 76 valence electrons. The Balaban J connectivity index is 1.87. The Kier molecular flexibility index (Phi) is 2.25. The Morgan fingerprint density at radius 1 is 1.57 bits per heavy atom. The van der Waals surface area contributed by atoms with E-state index in [9.17, 15) is 0 Å². The van der Waals surface area contributed by atoms with E-state index in [1.54, 1.807) is 0 Å². The second kappa shape index (κ2) is 3.59. The van der Waals surface area contributed by atoms with E-state index >= 15 is 0 Å². The van der Waals surface area contributed by atoms with Gasteiger partial charge in [-0.2, -0.15) is 0 Å². The summed E-state index contributed by atoms with van der Waals surface area (Å²) >= 11 is 1.90. The third-order valence-corrected chi connectivity index (χ3v) is 4.09. The van der Waals surface area contributed by atoms with E-state index in [-0.39, 0.29) is 0 Å². The quantitative estimate of drug-likeness (QED) is 0.759. The first-order chi connectivity index (χ1) is 6.93. The van der Waals surface area contributed by atoms with Crippen LogP contribution in [0.1, 0.15) is 24.5 Å². The molecule has 0 bridgehead atoms. The van der Waals surface area contributed by atoms with Gasteiger partial charge >= 0.3 is 0 Å². The van der Waals surface area contributed by atoms with Crippen molar-refractivity contribution in [2.24, 2.45) is 0 Å². The number of thioether (sulfide) groups is 1. The van der Waals surface area contributed by atoms with Crippen LogP contribution < -0.4 is 5.32 Å². The zero-order valence-corrected chi connectivity index (χ0v) is 9.02. The molecule has 1 N–H and O–H groups in total. The molecule has 0 aliphatic carbocycles. The van der Waals surface area contributed by atoms with Crippen LogP contribution in [0.25, 0.3) is 0 Å². The Bertz CT molecular complexity index is 305. The summed E-state index contributed by atoms with van der Waals surface area (Å²) in [6.07, 6.45) is 4.80. The van der Waals surface area contributed by atoms with Crippen LogP contribution in [-0.4, -0.2) is 28.4 Å². The van der Waals surface area contributed by atoms with Crippen LogP contribution in [0, 0.1) is 0 Å². The van der Waals surface area contributed by atoms with Gasteiger partial charge in [-0.1, -0.05) is 11.8 Å². The number of rotatable bonds is 1. The van der Waals surface area contributed by atoms with E-state index in [0.717, 1.165) is 19.6 Å². The standard InChI is InChI=1S/C10H15N3S/c1-4-13-7-9(8-2-3-11-6-8)12-10(13)14-5-1/h7-8,11H,1-6H2. The number of aromatic nitrogens is 2. The van der Waals surface area contributed by atoms with Crippen molar-refractivity contribution < 1.29 is 0 Å². The van der Waals surface area contributed by atoms with Gasteiger partial charge in [0.25, 0.3) is 0 Å². The fourth-order valence-electron chi connectivity index (χ4n) is 2.20. The highest BCUT2D eigenvalue weighted by Crippen LogP contribution is 2.28. The summed E-state index contributed by atoms with van der Waals surface area (Å²) in [6.45, 7) is 3.43. The average molecular weight is 209 g/mol. The maximum absolute atomic E-state index is 4.72. The van der Waals surface area contributed by atoms with E-state index in [4.69, 9.17) is 4.98 Å². The molecule has 0 saturated carbocycles. The second-order valence-corrected chi connectivity index (χ2v) is 5.10. The van der Waals surface area contributed by atoms with Crippen molar-refractivity contribution in [3.05, 3.63) is 11.9 Å². The summed E-state index contributed by atoms with van der Waals surface area (Å²) in [7, 11) is 0. The van der Waals surface area contributed by atoms with Crippen LogP contribution in [0.15, 0.2) is 11.4 Å². The van der Waals surface area contributed by atoms with E-state index in [1.807, 2.05) is 11.8 Å². The highest BCUT2D eigenvalue weighted by molar-refractivity contribution is 7.99. The summed E-state index contributed by atoms with van der Waals surface area (Å²) in [5.41, 5.74) is 1.31. The highest BCUT2D eigenvalue weighted by Gasteiger charge is 2.21. The minimum atomic E-state index is 0.661. The molecule has 1 fully saturated rings. The van der Waals surface area contributed by atoms with E-state index < -0.39 is 0 Å². The van der Waals surface area contributed by atoms with Crippen LogP contribution in [0.3, 0.4) is 0 Å². The second-order valence-electron chi connectivity index (χ2n) is 4.03. The summed E-state index contributed by atoms with van der Waals surface area (Å²) in [4.78, 5) is 4.72. The molecule has 1 unspecified atom stereocenters. The van der Waals surface area contributed by atoms with Crippen LogP contribution in [0.5, 0.6) is 0 Å². The van der Waals surface area contributed by atoms with Crippen molar-refractivity contribution in [2.45, 2.75) is 30.5 Å². The molecule has 1 saturated heterocycles. The fraction of sp³-hybridized carbons (Fsp3) is 0.700. The Labute approximate surface area is 88.3 Å². The lowest BCUT2D eigenvalue weighted by molar-refractivity contribution is 0.607. The molecular weight excluding hydrogens is 194 g/mol. The molecule has 3 nitrogen and oxygen atoms in total. The topological polar surface area (TPSA) is 29.9 Å². The van der Waals surface area contributed by atoms with Gasteiger partial charge in [0, 0.05) is 31.0 Å². The van der Waals surface area contributed by atoms with Gasteiger partial charge in [-0.25, -0.2) is 4.98 Å². The molecule has 4 heteroatoms. The van der Waals surface area contributed by atoms with Crippen LogP contribution in [0.4, 0.5) is 0 Å². The number of imidazole rings is 1. The lowest BCUT2D eigenvalue weighted by atomic mass is 10.1. The summed E-state index contributed by atoms with van der Waals surface area (Å²) in [5, 5.41) is 4.63. The van der Waals surface area contributed by atoms with Gasteiger partial charge < -0.3 is 9.88 Å². The third-order valence-electron chi connectivity index (χ3n) is 3.01. The molecule has 1 aromatic heterocycles. The van der Waals surface area contributed by atoms with Crippen molar-refractivity contribution in [3.63, 3.8) is 0 Å². The largest absolute Gasteiger partial charge is 0.326 e. The number of nitrogens with zero attached hydrogens (tertiary/aromatic N) is 2. The molecule has 2 aliphatic rings. The number of hydrogen-bond acceptors (Lipinski definition) is 3. The van der Waals surface area contributed by atoms with Crippen molar-refractivity contribution in [2.75, 3.05) is 18.8 Å². The van der Waals surface area contributed by atoms with Crippen molar-refractivity contribution in [3.8, 4) is 0 Å². The predicted molar refractivity (Wildman–Crippen MR) is 57.8 cm³/mol. The highest BCUT2D eigenvalue weighted by atomic mass is 32.2. The maximum atomic E-state index is 4.72. The summed E-state index contributed by atoms with van der Waals surface area (Å²) in [5.74, 6) is 1.90. The van der Waals surface area contributed by atoms with Crippen LogP contribution in [0.2, 0.25) is 0 Å². The van der Waals surface area contributed by atoms with Crippen LogP contribution in [-0.2, 0) is 6.54 Å². The van der Waals surface area contributed by atoms with Gasteiger partial charge in [-0.3, -0.25) is 0 Å². The number of fused-ring (bicyclic) bond motifs is 1. The summed E-state index contributed by atoms with van der Waals surface area (Å²) < 4.78 is 2.32. The Morgan fingerprint density at radius 2 is 2.57 bits per heavy atom.